The lowest BCUT2D eigenvalue weighted by molar-refractivity contribution is -0.117. The summed E-state index contributed by atoms with van der Waals surface area (Å²) in [5.74, 6) is 1.09. The van der Waals surface area contributed by atoms with Crippen molar-refractivity contribution in [2.24, 2.45) is 5.41 Å². The number of nitrogens with two attached hydrogens (primary N) is 1. The number of aromatic nitrogens is 4. The molecule has 8 nitrogen and oxygen atoms in total. The second kappa shape index (κ2) is 11.7. The van der Waals surface area contributed by atoms with E-state index in [1.165, 1.54) is 18.1 Å². The van der Waals surface area contributed by atoms with Crippen LogP contribution in [0.3, 0.4) is 0 Å². The molecule has 1 aliphatic carbocycles. The fraction of sp³-hybridized carbons (Fsp3) is 0.278. The topological polar surface area (TPSA) is 102 Å². The molecule has 2 aromatic carbocycles. The molecule has 3 N–H and O–H groups in total. The number of amides is 1. The van der Waals surface area contributed by atoms with Gasteiger partial charge in [0.25, 0.3) is 0 Å². The quantitative estimate of drug-likeness (QED) is 0.222. The van der Waals surface area contributed by atoms with Crippen LogP contribution >= 0.6 is 0 Å². The Balaban J connectivity index is 1.14. The largest absolute Gasteiger partial charge is 0.383 e. The molecule has 3 aromatic heterocycles. The Bertz CT molecular complexity index is 1800. The third kappa shape index (κ3) is 5.49. The summed E-state index contributed by atoms with van der Waals surface area (Å²) in [5, 5.41) is 3.09. The van der Waals surface area contributed by atoms with E-state index in [2.05, 4.69) is 62.7 Å². The molecule has 1 spiro atoms. The number of nitrogens with one attached hydrogen (secondary N) is 1. The molecule has 7 rings (SSSR count). The number of fused-ring (bicyclic) bond motifs is 1. The first-order valence-corrected chi connectivity index (χ1v) is 15.4. The summed E-state index contributed by atoms with van der Waals surface area (Å²) in [6, 6.07) is 27.1. The average Bonchev–Trinajstić information content (AvgIpc) is 3.64. The number of hydrogen-bond donors (Lipinski definition) is 2. The van der Waals surface area contributed by atoms with E-state index in [0.29, 0.717) is 11.2 Å². The van der Waals surface area contributed by atoms with Gasteiger partial charge in [-0.05, 0) is 92.1 Å². The van der Waals surface area contributed by atoms with Gasteiger partial charge in [0, 0.05) is 36.6 Å². The molecule has 222 valence electrons. The standard InChI is InChI=1S/C36H37N7O/c1-2-32(44)39-27-16-18-36(19-17-27)20-22-42(24-36)23-25-10-12-28(13-11-25)43-34(29-9-6-21-38-33(29)37)41-31-15-14-30(40-35(31)43)26-7-4-3-5-8-26/h2-15,21,27H,1,16-20,22-24H2,(H2,37,38)(H,39,44)/t27-,36+. The number of imidazole rings is 1. The number of carbonyl (C=O) groups is 1. The summed E-state index contributed by atoms with van der Waals surface area (Å²) < 4.78 is 2.09. The zero-order valence-electron chi connectivity index (χ0n) is 24.8. The molecule has 0 unspecified atom stereocenters. The van der Waals surface area contributed by atoms with Gasteiger partial charge in [-0.2, -0.15) is 0 Å². The van der Waals surface area contributed by atoms with Crippen LogP contribution < -0.4 is 11.1 Å². The van der Waals surface area contributed by atoms with E-state index in [0.717, 1.165) is 84.8 Å². The Hall–Kier alpha value is -4.82. The SMILES string of the molecule is C=CC(=O)N[C@H]1CC[C@]2(CCN(Cc3ccc(-n4c(-c5cccnc5N)nc5ccc(-c6ccccc6)nc54)cc3)C2)CC1. The van der Waals surface area contributed by atoms with Crippen molar-refractivity contribution in [2.45, 2.75) is 44.7 Å². The minimum absolute atomic E-state index is 0.0606. The molecular weight excluding hydrogens is 546 g/mol. The van der Waals surface area contributed by atoms with Crippen LogP contribution in [-0.2, 0) is 11.3 Å². The zero-order chi connectivity index (χ0) is 30.1. The summed E-state index contributed by atoms with van der Waals surface area (Å²) >= 11 is 0. The Morgan fingerprint density at radius 3 is 2.52 bits per heavy atom. The molecule has 1 saturated heterocycles. The summed E-state index contributed by atoms with van der Waals surface area (Å²) in [7, 11) is 0. The van der Waals surface area contributed by atoms with Crippen LogP contribution in [0.2, 0.25) is 0 Å². The van der Waals surface area contributed by atoms with Crippen LogP contribution in [0.1, 0.15) is 37.7 Å². The first kappa shape index (κ1) is 28.0. The minimum atomic E-state index is -0.0606. The summed E-state index contributed by atoms with van der Waals surface area (Å²) in [5.41, 5.74) is 13.3. The Labute approximate surface area is 257 Å². The molecule has 2 fully saturated rings. The van der Waals surface area contributed by atoms with Gasteiger partial charge in [-0.1, -0.05) is 49.0 Å². The molecular formula is C36H37N7O. The molecule has 0 atom stereocenters. The molecule has 44 heavy (non-hydrogen) atoms. The number of hydrogen-bond acceptors (Lipinski definition) is 6. The lowest BCUT2D eigenvalue weighted by Gasteiger charge is -2.37. The second-order valence-electron chi connectivity index (χ2n) is 12.2. The number of anilines is 1. The summed E-state index contributed by atoms with van der Waals surface area (Å²) in [6.45, 7) is 6.72. The summed E-state index contributed by atoms with van der Waals surface area (Å²) in [6.07, 6.45) is 8.71. The van der Waals surface area contributed by atoms with Crippen LogP contribution in [0.5, 0.6) is 0 Å². The van der Waals surface area contributed by atoms with Gasteiger partial charge in [0.2, 0.25) is 5.91 Å². The lowest BCUT2D eigenvalue weighted by Crippen LogP contribution is -2.41. The van der Waals surface area contributed by atoms with Crippen LogP contribution in [0, 0.1) is 5.41 Å². The number of nitrogen functional groups attached to an aromatic ring is 1. The molecule has 8 heteroatoms. The smallest absolute Gasteiger partial charge is 0.243 e. The van der Waals surface area contributed by atoms with E-state index in [-0.39, 0.29) is 11.9 Å². The minimum Gasteiger partial charge on any atom is -0.383 e. The van der Waals surface area contributed by atoms with Gasteiger partial charge in [0.1, 0.15) is 11.3 Å². The molecule has 5 aromatic rings. The highest BCUT2D eigenvalue weighted by atomic mass is 16.1. The highest BCUT2D eigenvalue weighted by molar-refractivity contribution is 5.87. The fourth-order valence-corrected chi connectivity index (χ4v) is 6.97. The summed E-state index contributed by atoms with van der Waals surface area (Å²) in [4.78, 5) is 28.7. The van der Waals surface area contributed by atoms with Crippen molar-refractivity contribution in [3.8, 4) is 28.3 Å². The second-order valence-corrected chi connectivity index (χ2v) is 12.2. The van der Waals surface area contributed by atoms with Crippen molar-refractivity contribution in [3.63, 3.8) is 0 Å². The Morgan fingerprint density at radius 1 is 0.977 bits per heavy atom. The number of carbonyl (C=O) groups excluding carboxylic acids is 1. The lowest BCUT2D eigenvalue weighted by atomic mass is 9.72. The first-order chi connectivity index (χ1) is 21.5. The molecule has 0 radical (unpaired) electrons. The predicted molar refractivity (Wildman–Crippen MR) is 175 cm³/mol. The van der Waals surface area contributed by atoms with Crippen molar-refractivity contribution in [1.82, 2.24) is 29.7 Å². The number of likely N-dealkylation sites (tertiary alicyclic amines) is 1. The maximum absolute atomic E-state index is 11.7. The maximum atomic E-state index is 11.7. The van der Waals surface area contributed by atoms with Gasteiger partial charge in [-0.25, -0.2) is 15.0 Å². The Morgan fingerprint density at radius 2 is 1.77 bits per heavy atom. The normalized spacial score (nSPS) is 20.2. The average molecular weight is 584 g/mol. The third-order valence-electron chi connectivity index (χ3n) is 9.35. The highest BCUT2D eigenvalue weighted by Gasteiger charge is 2.41. The van der Waals surface area contributed by atoms with Crippen LogP contribution in [-0.4, -0.2) is 49.5 Å². The van der Waals surface area contributed by atoms with Crippen molar-refractivity contribution in [1.29, 1.82) is 0 Å². The third-order valence-corrected chi connectivity index (χ3v) is 9.35. The van der Waals surface area contributed by atoms with Crippen LogP contribution in [0.15, 0.2) is 97.7 Å². The molecule has 0 bridgehead atoms. The molecule has 1 amide bonds. The molecule has 2 aliphatic rings. The van der Waals surface area contributed by atoms with Gasteiger partial charge in [0.15, 0.2) is 11.5 Å². The van der Waals surface area contributed by atoms with Gasteiger partial charge in [0.05, 0.1) is 11.3 Å². The number of benzene rings is 2. The molecule has 1 saturated carbocycles. The monoisotopic (exact) mass is 583 g/mol. The Kier molecular flexibility index (Phi) is 7.44. The predicted octanol–water partition coefficient (Wildman–Crippen LogP) is 6.17. The van der Waals surface area contributed by atoms with E-state index in [9.17, 15) is 4.79 Å². The van der Waals surface area contributed by atoms with Gasteiger partial charge < -0.3 is 11.1 Å². The van der Waals surface area contributed by atoms with Gasteiger partial charge >= 0.3 is 0 Å². The van der Waals surface area contributed by atoms with Crippen LogP contribution in [0.4, 0.5) is 5.82 Å². The molecule has 1 aliphatic heterocycles. The zero-order valence-corrected chi connectivity index (χ0v) is 24.8. The van der Waals surface area contributed by atoms with Crippen molar-refractivity contribution >= 4 is 22.9 Å². The maximum Gasteiger partial charge on any atom is 0.243 e. The molecule has 4 heterocycles. The van der Waals surface area contributed by atoms with E-state index in [1.54, 1.807) is 6.20 Å². The number of pyridine rings is 2. The first-order valence-electron chi connectivity index (χ1n) is 15.4. The van der Waals surface area contributed by atoms with E-state index in [1.807, 2.05) is 42.5 Å². The van der Waals surface area contributed by atoms with E-state index in [4.69, 9.17) is 15.7 Å². The van der Waals surface area contributed by atoms with E-state index < -0.39 is 0 Å². The number of rotatable bonds is 7. The van der Waals surface area contributed by atoms with Crippen LogP contribution in [0.25, 0.3) is 39.5 Å². The van der Waals surface area contributed by atoms with Crippen molar-refractivity contribution < 1.29 is 4.79 Å². The number of nitrogens with zero attached hydrogens (tertiary/aromatic N) is 5. The van der Waals surface area contributed by atoms with Crippen molar-refractivity contribution in [3.05, 3.63) is 103 Å². The van der Waals surface area contributed by atoms with Crippen molar-refractivity contribution in [2.75, 3.05) is 18.8 Å². The van der Waals surface area contributed by atoms with E-state index >= 15 is 0 Å². The highest BCUT2D eigenvalue weighted by Crippen LogP contribution is 2.44. The van der Waals surface area contributed by atoms with Gasteiger partial charge in [-0.3, -0.25) is 14.3 Å². The van der Waals surface area contributed by atoms with Gasteiger partial charge in [-0.15, -0.1) is 0 Å². The fourth-order valence-electron chi connectivity index (χ4n) is 6.97.